The largest absolute Gasteiger partial charge is 0.432 e. The lowest BCUT2D eigenvalue weighted by Crippen LogP contribution is -2.37. The second kappa shape index (κ2) is 8.20. The van der Waals surface area contributed by atoms with Crippen LogP contribution in [0.15, 0.2) is 41.1 Å². The zero-order chi connectivity index (χ0) is 24.5. The number of nitrogens with one attached hydrogen (secondary N) is 1. The molecule has 1 N–H and O–H groups in total. The highest BCUT2D eigenvalue weighted by Crippen LogP contribution is 2.37. The molecule has 3 fully saturated rings. The molecule has 5 aromatic rings. The van der Waals surface area contributed by atoms with E-state index in [0.29, 0.717) is 78.0 Å². The van der Waals surface area contributed by atoms with Crippen LogP contribution < -0.4 is 4.90 Å². The second-order valence-electron chi connectivity index (χ2n) is 10.1. The number of aromatic nitrogens is 4. The lowest BCUT2D eigenvalue weighted by Gasteiger charge is -2.27. The summed E-state index contributed by atoms with van der Waals surface area (Å²) in [6.07, 6.45) is 5.13. The molecule has 10 heteroatoms. The molecule has 3 aliphatic heterocycles. The van der Waals surface area contributed by atoms with E-state index in [-0.39, 0.29) is 5.82 Å². The van der Waals surface area contributed by atoms with Gasteiger partial charge in [-0.25, -0.2) is 19.3 Å². The Kier molecular flexibility index (Phi) is 4.76. The van der Waals surface area contributed by atoms with Crippen molar-refractivity contribution in [1.82, 2.24) is 24.8 Å². The predicted molar refractivity (Wildman–Crippen MR) is 136 cm³/mol. The first-order valence-corrected chi connectivity index (χ1v) is 12.7. The Bertz CT molecular complexity index is 1660. The number of hydrogen-bond acceptors (Lipinski definition) is 8. The van der Waals surface area contributed by atoms with Crippen molar-refractivity contribution >= 4 is 38.9 Å². The summed E-state index contributed by atoms with van der Waals surface area (Å²) in [5, 5.41) is 1.71. The van der Waals surface area contributed by atoms with Crippen LogP contribution in [0.2, 0.25) is 0 Å². The third-order valence-corrected chi connectivity index (χ3v) is 7.79. The van der Waals surface area contributed by atoms with Crippen LogP contribution in [0.5, 0.6) is 0 Å². The average Bonchev–Trinajstić information content (AvgIpc) is 3.72. The SMILES string of the molecule is Fc1cc(-c2nc(N3CCOCC3)c3oc4ncc(CN5CC6CC5CO6)cc4c3n2)c2cc[nH]c2c1. The van der Waals surface area contributed by atoms with Gasteiger partial charge in [-0.2, -0.15) is 0 Å². The molecule has 0 aliphatic carbocycles. The van der Waals surface area contributed by atoms with Gasteiger partial charge in [-0.1, -0.05) is 0 Å². The van der Waals surface area contributed by atoms with E-state index >= 15 is 0 Å². The van der Waals surface area contributed by atoms with Gasteiger partial charge in [0.1, 0.15) is 11.3 Å². The van der Waals surface area contributed by atoms with Crippen molar-refractivity contribution in [3.63, 3.8) is 0 Å². The van der Waals surface area contributed by atoms with E-state index in [0.717, 1.165) is 42.5 Å². The van der Waals surface area contributed by atoms with Crippen LogP contribution in [-0.2, 0) is 16.0 Å². The summed E-state index contributed by atoms with van der Waals surface area (Å²) in [4.78, 5) is 22.3. The zero-order valence-electron chi connectivity index (χ0n) is 20.1. The summed E-state index contributed by atoms with van der Waals surface area (Å²) < 4.78 is 32.2. The number of nitrogens with zero attached hydrogens (tertiary/aromatic N) is 5. The zero-order valence-corrected chi connectivity index (χ0v) is 20.1. The second-order valence-corrected chi connectivity index (χ2v) is 10.1. The number of fused-ring (bicyclic) bond motifs is 6. The number of H-pyrrole nitrogens is 1. The van der Waals surface area contributed by atoms with Gasteiger partial charge < -0.3 is 23.8 Å². The molecule has 0 saturated carbocycles. The van der Waals surface area contributed by atoms with Crippen molar-refractivity contribution < 1.29 is 18.3 Å². The molecule has 0 radical (unpaired) electrons. The first-order chi connectivity index (χ1) is 18.2. The maximum Gasteiger partial charge on any atom is 0.229 e. The van der Waals surface area contributed by atoms with Crippen molar-refractivity contribution in [2.45, 2.75) is 25.1 Å². The maximum atomic E-state index is 14.6. The molecule has 0 spiro atoms. The minimum absolute atomic E-state index is 0.341. The quantitative estimate of drug-likeness (QED) is 0.398. The van der Waals surface area contributed by atoms with Crippen molar-refractivity contribution in [1.29, 1.82) is 0 Å². The van der Waals surface area contributed by atoms with Crippen molar-refractivity contribution in [2.75, 3.05) is 44.4 Å². The number of rotatable bonds is 4. The fraction of sp³-hybridized carbons (Fsp3) is 0.370. The molecule has 2 bridgehead atoms. The van der Waals surface area contributed by atoms with Gasteiger partial charge >= 0.3 is 0 Å². The number of morpholine rings is 2. The highest BCUT2D eigenvalue weighted by Gasteiger charge is 2.38. The van der Waals surface area contributed by atoms with Gasteiger partial charge in [-0.3, -0.25) is 4.90 Å². The van der Waals surface area contributed by atoms with Crippen molar-refractivity contribution in [3.8, 4) is 11.4 Å². The van der Waals surface area contributed by atoms with Crippen LogP contribution in [0, 0.1) is 5.82 Å². The number of hydrogen-bond donors (Lipinski definition) is 1. The van der Waals surface area contributed by atoms with Crippen LogP contribution in [0.25, 0.3) is 44.5 Å². The minimum Gasteiger partial charge on any atom is -0.432 e. The fourth-order valence-corrected chi connectivity index (χ4v) is 5.98. The number of ether oxygens (including phenoxy) is 2. The summed E-state index contributed by atoms with van der Waals surface area (Å²) in [5.41, 5.74) is 4.26. The number of pyridine rings is 1. The summed E-state index contributed by atoms with van der Waals surface area (Å²) in [6.45, 7) is 5.14. The Balaban J connectivity index is 1.30. The molecule has 188 valence electrons. The molecule has 2 unspecified atom stereocenters. The number of likely N-dealkylation sites (tertiary alicyclic amines) is 1. The standard InChI is InChI=1S/C27H25FN6O3/c28-16-8-20(19-1-2-29-22(19)9-16)25-31-23-21-7-15(12-34-13-18-10-17(34)14-36-18)11-30-27(21)37-24(23)26(32-25)33-3-5-35-6-4-33/h1-2,7-9,11,17-18,29H,3-6,10,12-14H2. The molecule has 8 rings (SSSR count). The van der Waals surface area contributed by atoms with Crippen LogP contribution in [-0.4, -0.2) is 76.4 Å². The fourth-order valence-electron chi connectivity index (χ4n) is 5.98. The molecule has 1 aromatic carbocycles. The van der Waals surface area contributed by atoms with Crippen LogP contribution >= 0.6 is 0 Å². The first-order valence-electron chi connectivity index (χ1n) is 12.7. The molecule has 3 saturated heterocycles. The van der Waals surface area contributed by atoms with Gasteiger partial charge in [-0.05, 0) is 36.2 Å². The van der Waals surface area contributed by atoms with E-state index < -0.39 is 0 Å². The molecule has 37 heavy (non-hydrogen) atoms. The van der Waals surface area contributed by atoms with E-state index in [1.54, 1.807) is 6.20 Å². The lowest BCUT2D eigenvalue weighted by atomic mass is 10.1. The van der Waals surface area contributed by atoms with Gasteiger partial charge in [0.25, 0.3) is 0 Å². The summed E-state index contributed by atoms with van der Waals surface area (Å²) in [7, 11) is 0. The third-order valence-electron chi connectivity index (χ3n) is 7.79. The monoisotopic (exact) mass is 500 g/mol. The van der Waals surface area contributed by atoms with Crippen LogP contribution in [0.4, 0.5) is 10.2 Å². The maximum absolute atomic E-state index is 14.6. The van der Waals surface area contributed by atoms with Crippen LogP contribution in [0.1, 0.15) is 12.0 Å². The van der Waals surface area contributed by atoms with Gasteiger partial charge in [0.15, 0.2) is 17.2 Å². The highest BCUT2D eigenvalue weighted by atomic mass is 19.1. The van der Waals surface area contributed by atoms with E-state index in [4.69, 9.17) is 23.9 Å². The predicted octanol–water partition coefficient (Wildman–Crippen LogP) is 3.87. The molecule has 4 aromatic heterocycles. The van der Waals surface area contributed by atoms with E-state index in [9.17, 15) is 4.39 Å². The van der Waals surface area contributed by atoms with E-state index in [1.165, 1.54) is 12.1 Å². The number of furan rings is 1. The number of halogens is 1. The molecule has 0 amide bonds. The topological polar surface area (TPSA) is 92.5 Å². The number of aromatic amines is 1. The summed E-state index contributed by atoms with van der Waals surface area (Å²) in [5.74, 6) is 0.802. The summed E-state index contributed by atoms with van der Waals surface area (Å²) >= 11 is 0. The molecular weight excluding hydrogens is 475 g/mol. The van der Waals surface area contributed by atoms with Gasteiger partial charge in [0, 0.05) is 61.1 Å². The molecule has 7 heterocycles. The van der Waals surface area contributed by atoms with E-state index in [1.807, 2.05) is 12.3 Å². The van der Waals surface area contributed by atoms with Crippen molar-refractivity contribution in [3.05, 3.63) is 48.0 Å². The van der Waals surface area contributed by atoms with Crippen LogP contribution in [0.3, 0.4) is 0 Å². The Morgan fingerprint density at radius 3 is 2.86 bits per heavy atom. The Morgan fingerprint density at radius 1 is 1.11 bits per heavy atom. The number of anilines is 1. The minimum atomic E-state index is -0.341. The average molecular weight is 501 g/mol. The Morgan fingerprint density at radius 2 is 2.03 bits per heavy atom. The van der Waals surface area contributed by atoms with Gasteiger partial charge in [-0.15, -0.1) is 0 Å². The molecule has 3 aliphatic rings. The van der Waals surface area contributed by atoms with Gasteiger partial charge in [0.2, 0.25) is 5.71 Å². The number of benzene rings is 1. The summed E-state index contributed by atoms with van der Waals surface area (Å²) in [6, 6.07) is 7.50. The molecule has 9 nitrogen and oxygen atoms in total. The molecule has 2 atom stereocenters. The highest BCUT2D eigenvalue weighted by molar-refractivity contribution is 6.06. The normalized spacial score (nSPS) is 22.2. The smallest absolute Gasteiger partial charge is 0.229 e. The van der Waals surface area contributed by atoms with E-state index in [2.05, 4.69) is 25.8 Å². The first kappa shape index (κ1) is 21.5. The Labute approximate surface area is 211 Å². The Hall–Kier alpha value is -3.60. The van der Waals surface area contributed by atoms with Crippen molar-refractivity contribution in [2.24, 2.45) is 0 Å². The van der Waals surface area contributed by atoms with Gasteiger partial charge in [0.05, 0.1) is 31.3 Å². The lowest BCUT2D eigenvalue weighted by molar-refractivity contribution is 0.0273. The molecular formula is C27H25FN6O3. The third kappa shape index (κ3) is 3.51.